The number of likely N-dealkylation sites (N-methyl/N-ethyl adjacent to an activating group) is 1. The number of aryl methyl sites for hydroxylation is 1. The Labute approximate surface area is 191 Å². The third-order valence-corrected chi connectivity index (χ3v) is 5.08. The van der Waals surface area contributed by atoms with Gasteiger partial charge < -0.3 is 14.1 Å². The molecular weight excluding hydrogens is 418 g/mol. The fourth-order valence-corrected chi connectivity index (χ4v) is 3.20. The maximum atomic E-state index is 12.8. The van der Waals surface area contributed by atoms with Crippen LogP contribution in [0.3, 0.4) is 0 Å². The molecule has 0 N–H and O–H groups in total. The van der Waals surface area contributed by atoms with Crippen LogP contribution >= 0.6 is 0 Å². The summed E-state index contributed by atoms with van der Waals surface area (Å²) in [5.41, 5.74) is 3.56. The zero-order valence-electron chi connectivity index (χ0n) is 18.6. The normalized spacial score (nSPS) is 11.6. The molecule has 0 aliphatic rings. The van der Waals surface area contributed by atoms with Crippen LogP contribution < -0.4 is 0 Å². The fraction of sp³-hybridized carbons (Fsp3) is 0.154. The van der Waals surface area contributed by atoms with Crippen molar-refractivity contribution in [2.75, 3.05) is 14.1 Å². The van der Waals surface area contributed by atoms with Crippen molar-refractivity contribution in [3.05, 3.63) is 95.6 Å². The van der Waals surface area contributed by atoms with Crippen LogP contribution in [0.2, 0.25) is 0 Å². The van der Waals surface area contributed by atoms with E-state index in [1.807, 2.05) is 37.3 Å². The summed E-state index contributed by atoms with van der Waals surface area (Å²) >= 11 is 0. The predicted molar refractivity (Wildman–Crippen MR) is 123 cm³/mol. The van der Waals surface area contributed by atoms with Gasteiger partial charge in [-0.3, -0.25) is 4.79 Å². The van der Waals surface area contributed by atoms with E-state index in [1.54, 1.807) is 62.6 Å². The van der Waals surface area contributed by atoms with Gasteiger partial charge in [0.25, 0.3) is 5.91 Å². The topological polar surface area (TPSA) is 85.5 Å². The van der Waals surface area contributed by atoms with Gasteiger partial charge in [-0.15, -0.1) is 10.2 Å². The van der Waals surface area contributed by atoms with Crippen LogP contribution in [0.25, 0.3) is 22.9 Å². The largest absolute Gasteiger partial charge is 0.444 e. The van der Waals surface area contributed by atoms with Gasteiger partial charge in [0.05, 0.1) is 5.56 Å². The Morgan fingerprint density at radius 1 is 0.818 bits per heavy atom. The SMILES string of the molecule is Cc1ccc(-c2nnc(-c3ccc(C(=O)OC(C(=O)N(C)C)c4ccccc4)cc3)o2)cc1. The first-order chi connectivity index (χ1) is 15.9. The van der Waals surface area contributed by atoms with Gasteiger partial charge in [0, 0.05) is 30.8 Å². The molecule has 0 saturated heterocycles. The molecular formula is C26H23N3O4. The van der Waals surface area contributed by atoms with Gasteiger partial charge in [-0.05, 0) is 43.3 Å². The summed E-state index contributed by atoms with van der Waals surface area (Å²) in [5.74, 6) is -0.158. The van der Waals surface area contributed by atoms with Gasteiger partial charge in [0.2, 0.25) is 17.9 Å². The Hall–Kier alpha value is -4.26. The van der Waals surface area contributed by atoms with Crippen LogP contribution in [-0.2, 0) is 9.53 Å². The fourth-order valence-electron chi connectivity index (χ4n) is 3.20. The molecule has 0 fully saturated rings. The number of nitrogens with zero attached hydrogens (tertiary/aromatic N) is 3. The summed E-state index contributed by atoms with van der Waals surface area (Å²) in [5, 5.41) is 8.22. The first kappa shape index (κ1) is 22.0. The van der Waals surface area contributed by atoms with Gasteiger partial charge in [0.15, 0.2) is 0 Å². The highest BCUT2D eigenvalue weighted by Gasteiger charge is 2.27. The van der Waals surface area contributed by atoms with Crippen LogP contribution in [0.1, 0.15) is 27.6 Å². The molecule has 1 heterocycles. The lowest BCUT2D eigenvalue weighted by atomic mass is 10.1. The lowest BCUT2D eigenvalue weighted by Crippen LogP contribution is -2.31. The van der Waals surface area contributed by atoms with Crippen molar-refractivity contribution in [3.63, 3.8) is 0 Å². The van der Waals surface area contributed by atoms with E-state index in [0.29, 0.717) is 28.5 Å². The van der Waals surface area contributed by atoms with Crippen LogP contribution in [0.15, 0.2) is 83.3 Å². The molecule has 0 aliphatic carbocycles. The van der Waals surface area contributed by atoms with E-state index in [9.17, 15) is 9.59 Å². The summed E-state index contributed by atoms with van der Waals surface area (Å²) < 4.78 is 11.4. The number of benzene rings is 3. The molecule has 33 heavy (non-hydrogen) atoms. The molecule has 3 aromatic carbocycles. The third kappa shape index (κ3) is 4.98. The van der Waals surface area contributed by atoms with E-state index in [4.69, 9.17) is 9.15 Å². The number of carbonyl (C=O) groups is 2. The number of hydrogen-bond acceptors (Lipinski definition) is 6. The number of ether oxygens (including phenoxy) is 1. The molecule has 4 aromatic rings. The molecule has 0 spiro atoms. The number of aromatic nitrogens is 2. The standard InChI is InChI=1S/C26H23N3O4/c1-17-9-11-19(12-10-17)23-27-28-24(33-23)20-13-15-21(16-14-20)26(31)32-22(25(30)29(2)3)18-7-5-4-6-8-18/h4-16,22H,1-3H3. The highest BCUT2D eigenvalue weighted by molar-refractivity contribution is 5.93. The first-order valence-electron chi connectivity index (χ1n) is 10.4. The van der Waals surface area contributed by atoms with E-state index in [2.05, 4.69) is 10.2 Å². The summed E-state index contributed by atoms with van der Waals surface area (Å²) in [6.45, 7) is 2.01. The van der Waals surface area contributed by atoms with Crippen molar-refractivity contribution in [2.45, 2.75) is 13.0 Å². The molecule has 4 rings (SSSR count). The monoisotopic (exact) mass is 441 g/mol. The van der Waals surface area contributed by atoms with Crippen molar-refractivity contribution in [2.24, 2.45) is 0 Å². The highest BCUT2D eigenvalue weighted by Crippen LogP contribution is 2.26. The maximum Gasteiger partial charge on any atom is 0.339 e. The van der Waals surface area contributed by atoms with E-state index < -0.39 is 12.1 Å². The Balaban J connectivity index is 1.51. The molecule has 166 valence electrons. The van der Waals surface area contributed by atoms with Crippen molar-refractivity contribution in [1.29, 1.82) is 0 Å². The minimum absolute atomic E-state index is 0.310. The second-order valence-corrected chi connectivity index (χ2v) is 7.78. The summed E-state index contributed by atoms with van der Waals surface area (Å²) in [4.78, 5) is 26.8. The second kappa shape index (κ2) is 9.48. The Bertz CT molecular complexity index is 1250. The van der Waals surface area contributed by atoms with Crippen molar-refractivity contribution in [3.8, 4) is 22.9 Å². The first-order valence-corrected chi connectivity index (χ1v) is 10.4. The van der Waals surface area contributed by atoms with Crippen LogP contribution in [0.5, 0.6) is 0 Å². The number of esters is 1. The highest BCUT2D eigenvalue weighted by atomic mass is 16.5. The van der Waals surface area contributed by atoms with E-state index >= 15 is 0 Å². The van der Waals surface area contributed by atoms with Gasteiger partial charge >= 0.3 is 5.97 Å². The Morgan fingerprint density at radius 3 is 1.91 bits per heavy atom. The molecule has 1 amide bonds. The van der Waals surface area contributed by atoms with Gasteiger partial charge in [-0.25, -0.2) is 4.79 Å². The maximum absolute atomic E-state index is 12.8. The Morgan fingerprint density at radius 2 is 1.36 bits per heavy atom. The number of hydrogen-bond donors (Lipinski definition) is 0. The minimum atomic E-state index is -1.03. The molecule has 0 radical (unpaired) electrons. The van der Waals surface area contributed by atoms with E-state index in [1.165, 1.54) is 4.90 Å². The van der Waals surface area contributed by atoms with Gasteiger partial charge in [-0.2, -0.15) is 0 Å². The molecule has 7 nitrogen and oxygen atoms in total. The van der Waals surface area contributed by atoms with Crippen molar-refractivity contribution in [1.82, 2.24) is 15.1 Å². The third-order valence-electron chi connectivity index (χ3n) is 5.08. The second-order valence-electron chi connectivity index (χ2n) is 7.78. The van der Waals surface area contributed by atoms with Crippen molar-refractivity contribution < 1.29 is 18.7 Å². The summed E-state index contributed by atoms with van der Waals surface area (Å²) in [6, 6.07) is 23.3. The lowest BCUT2D eigenvalue weighted by Gasteiger charge is -2.21. The smallest absolute Gasteiger partial charge is 0.339 e. The van der Waals surface area contributed by atoms with Crippen molar-refractivity contribution >= 4 is 11.9 Å². The van der Waals surface area contributed by atoms with Crippen LogP contribution in [0, 0.1) is 6.92 Å². The molecule has 0 saturated carbocycles. The molecule has 1 unspecified atom stereocenters. The zero-order chi connectivity index (χ0) is 23.4. The number of rotatable bonds is 6. The lowest BCUT2D eigenvalue weighted by molar-refractivity contribution is -0.138. The van der Waals surface area contributed by atoms with Gasteiger partial charge in [0.1, 0.15) is 0 Å². The average Bonchev–Trinajstić information content (AvgIpc) is 3.33. The van der Waals surface area contributed by atoms with E-state index in [0.717, 1.165) is 11.1 Å². The average molecular weight is 441 g/mol. The van der Waals surface area contributed by atoms with Gasteiger partial charge in [-0.1, -0.05) is 48.0 Å². The zero-order valence-corrected chi connectivity index (χ0v) is 18.6. The van der Waals surface area contributed by atoms with Crippen LogP contribution in [-0.4, -0.2) is 41.1 Å². The number of carbonyl (C=O) groups excluding carboxylic acids is 2. The molecule has 0 aliphatic heterocycles. The summed E-state index contributed by atoms with van der Waals surface area (Å²) in [6.07, 6.45) is -1.03. The predicted octanol–water partition coefficient (Wildman–Crippen LogP) is 4.70. The molecule has 7 heteroatoms. The number of amides is 1. The molecule has 1 atom stereocenters. The molecule has 1 aromatic heterocycles. The minimum Gasteiger partial charge on any atom is -0.444 e. The summed E-state index contributed by atoms with van der Waals surface area (Å²) in [7, 11) is 3.24. The Kier molecular flexibility index (Phi) is 6.31. The molecule has 0 bridgehead atoms. The quantitative estimate of drug-likeness (QED) is 0.403. The van der Waals surface area contributed by atoms with Crippen LogP contribution in [0.4, 0.5) is 0 Å². The van der Waals surface area contributed by atoms with E-state index in [-0.39, 0.29) is 5.91 Å².